The summed E-state index contributed by atoms with van der Waals surface area (Å²) in [5.74, 6) is 6.82. The normalized spacial score (nSPS) is 11.7. The molecule has 0 spiro atoms. The molecule has 3 nitrogen and oxygen atoms in total. The number of carbonyl (C=O) groups excluding carboxylic acids is 1. The van der Waals surface area contributed by atoms with Crippen molar-refractivity contribution in [1.29, 1.82) is 0 Å². The van der Waals surface area contributed by atoms with Gasteiger partial charge in [0.25, 0.3) is 5.91 Å². The van der Waals surface area contributed by atoms with Gasteiger partial charge in [0.05, 0.1) is 6.61 Å². The summed E-state index contributed by atoms with van der Waals surface area (Å²) < 4.78 is 0. The summed E-state index contributed by atoms with van der Waals surface area (Å²) in [6.45, 7) is 9.13. The molecule has 1 atom stereocenters. The van der Waals surface area contributed by atoms with E-state index in [9.17, 15) is 4.79 Å². The van der Waals surface area contributed by atoms with Gasteiger partial charge in [-0.2, -0.15) is 0 Å². The summed E-state index contributed by atoms with van der Waals surface area (Å²) in [5, 5.41) is 11.7. The highest BCUT2D eigenvalue weighted by molar-refractivity contribution is 5.94. The minimum Gasteiger partial charge on any atom is -0.395 e. The van der Waals surface area contributed by atoms with Gasteiger partial charge >= 0.3 is 0 Å². The Labute approximate surface area is 127 Å². The van der Waals surface area contributed by atoms with Crippen LogP contribution in [0.2, 0.25) is 0 Å². The number of nitrogens with one attached hydrogen (secondary N) is 1. The number of rotatable bonds is 5. The molecule has 0 heterocycles. The summed E-state index contributed by atoms with van der Waals surface area (Å²) in [5.41, 5.74) is 2.51. The largest absolute Gasteiger partial charge is 0.395 e. The van der Waals surface area contributed by atoms with Gasteiger partial charge in [-0.1, -0.05) is 38.7 Å². The fourth-order valence-corrected chi connectivity index (χ4v) is 1.70. The number of hydrogen-bond donors (Lipinski definition) is 2. The summed E-state index contributed by atoms with van der Waals surface area (Å²) in [4.78, 5) is 12.2. The van der Waals surface area contributed by atoms with Gasteiger partial charge in [-0.15, -0.1) is 0 Å². The number of hydrogen-bond acceptors (Lipinski definition) is 2. The number of aryl methyl sites for hydroxylation is 1. The van der Waals surface area contributed by atoms with Gasteiger partial charge in [0.15, 0.2) is 0 Å². The van der Waals surface area contributed by atoms with E-state index in [1.54, 1.807) is 0 Å². The number of benzene rings is 1. The standard InChI is InChI=1S/C18H25NO2/c1-13(2)15(4)12-19-18(21)17-9-8-14(3)16(11-17)7-5-6-10-20/h8-9,11,13,15,20H,6,10,12H2,1-4H3,(H,19,21). The average Bonchev–Trinajstić information content (AvgIpc) is 2.46. The molecule has 0 saturated carbocycles. The number of carbonyl (C=O) groups is 1. The molecule has 0 aromatic heterocycles. The van der Waals surface area contributed by atoms with Crippen LogP contribution in [0.5, 0.6) is 0 Å². The molecule has 2 N–H and O–H groups in total. The van der Waals surface area contributed by atoms with Gasteiger partial charge < -0.3 is 10.4 Å². The van der Waals surface area contributed by atoms with Crippen molar-refractivity contribution in [3.8, 4) is 11.8 Å². The highest BCUT2D eigenvalue weighted by Gasteiger charge is 2.11. The van der Waals surface area contributed by atoms with E-state index in [1.165, 1.54) is 0 Å². The third-order valence-electron chi connectivity index (χ3n) is 3.68. The lowest BCUT2D eigenvalue weighted by atomic mass is 9.98. The van der Waals surface area contributed by atoms with Crippen molar-refractivity contribution in [1.82, 2.24) is 5.32 Å². The van der Waals surface area contributed by atoms with Crippen molar-refractivity contribution in [2.75, 3.05) is 13.2 Å². The zero-order valence-corrected chi connectivity index (χ0v) is 13.4. The fourth-order valence-electron chi connectivity index (χ4n) is 1.70. The van der Waals surface area contributed by atoms with Crippen molar-refractivity contribution in [3.63, 3.8) is 0 Å². The first-order chi connectivity index (χ1) is 9.95. The van der Waals surface area contributed by atoms with E-state index >= 15 is 0 Å². The first-order valence-electron chi connectivity index (χ1n) is 7.44. The van der Waals surface area contributed by atoms with Crippen LogP contribution in [0, 0.1) is 30.6 Å². The zero-order valence-electron chi connectivity index (χ0n) is 13.4. The zero-order chi connectivity index (χ0) is 15.8. The van der Waals surface area contributed by atoms with Crippen molar-refractivity contribution >= 4 is 5.91 Å². The molecule has 0 bridgehead atoms. The molecule has 0 saturated heterocycles. The molecular formula is C18H25NO2. The minimum atomic E-state index is -0.0623. The van der Waals surface area contributed by atoms with Crippen molar-refractivity contribution < 1.29 is 9.90 Å². The van der Waals surface area contributed by atoms with E-state index in [-0.39, 0.29) is 12.5 Å². The lowest BCUT2D eigenvalue weighted by molar-refractivity contribution is 0.0945. The predicted molar refractivity (Wildman–Crippen MR) is 86.1 cm³/mol. The molecular weight excluding hydrogens is 262 g/mol. The number of aliphatic hydroxyl groups excluding tert-OH is 1. The Kier molecular flexibility index (Phi) is 6.98. The second kappa shape index (κ2) is 8.49. The van der Waals surface area contributed by atoms with Crippen LogP contribution in [-0.4, -0.2) is 24.2 Å². The quantitative estimate of drug-likeness (QED) is 0.818. The predicted octanol–water partition coefficient (Wildman–Crippen LogP) is 2.75. The van der Waals surface area contributed by atoms with Gasteiger partial charge in [0.2, 0.25) is 0 Å². The molecule has 0 fully saturated rings. The summed E-state index contributed by atoms with van der Waals surface area (Å²) in [6, 6.07) is 5.54. The monoisotopic (exact) mass is 287 g/mol. The van der Waals surface area contributed by atoms with Crippen molar-refractivity contribution in [2.24, 2.45) is 11.8 Å². The molecule has 0 aliphatic rings. The maximum atomic E-state index is 12.2. The van der Waals surface area contributed by atoms with Crippen LogP contribution in [0.1, 0.15) is 48.7 Å². The Morgan fingerprint density at radius 3 is 2.67 bits per heavy atom. The molecule has 1 aromatic rings. The summed E-state index contributed by atoms with van der Waals surface area (Å²) in [6.07, 6.45) is 0.446. The lowest BCUT2D eigenvalue weighted by Gasteiger charge is -2.16. The van der Waals surface area contributed by atoms with Crippen LogP contribution < -0.4 is 5.32 Å². The van der Waals surface area contributed by atoms with Gasteiger partial charge in [0, 0.05) is 24.1 Å². The Morgan fingerprint density at radius 2 is 2.05 bits per heavy atom. The number of amides is 1. The van der Waals surface area contributed by atoms with E-state index in [0.29, 0.717) is 30.4 Å². The smallest absolute Gasteiger partial charge is 0.251 e. The Bertz CT molecular complexity index is 538. The van der Waals surface area contributed by atoms with E-state index in [2.05, 4.69) is 37.9 Å². The minimum absolute atomic E-state index is 0.0549. The van der Waals surface area contributed by atoms with E-state index < -0.39 is 0 Å². The van der Waals surface area contributed by atoms with Crippen LogP contribution in [-0.2, 0) is 0 Å². The molecule has 0 aliphatic carbocycles. The SMILES string of the molecule is Cc1ccc(C(=O)NCC(C)C(C)C)cc1C#CCCO. The molecule has 114 valence electrons. The molecule has 21 heavy (non-hydrogen) atoms. The molecule has 3 heteroatoms. The van der Waals surface area contributed by atoms with Gasteiger partial charge in [-0.05, 0) is 36.5 Å². The van der Waals surface area contributed by atoms with Crippen LogP contribution in [0.15, 0.2) is 18.2 Å². The Morgan fingerprint density at radius 1 is 1.33 bits per heavy atom. The Balaban J connectivity index is 2.77. The van der Waals surface area contributed by atoms with E-state index in [0.717, 1.165) is 11.1 Å². The second-order valence-corrected chi connectivity index (χ2v) is 5.74. The maximum absolute atomic E-state index is 12.2. The van der Waals surface area contributed by atoms with Crippen LogP contribution in [0.4, 0.5) is 0 Å². The molecule has 1 unspecified atom stereocenters. The van der Waals surface area contributed by atoms with Gasteiger partial charge in [-0.3, -0.25) is 4.79 Å². The molecule has 1 amide bonds. The summed E-state index contributed by atoms with van der Waals surface area (Å²) in [7, 11) is 0. The van der Waals surface area contributed by atoms with Gasteiger partial charge in [-0.25, -0.2) is 0 Å². The number of aliphatic hydroxyl groups is 1. The average molecular weight is 287 g/mol. The maximum Gasteiger partial charge on any atom is 0.251 e. The molecule has 0 aliphatic heterocycles. The third-order valence-corrected chi connectivity index (χ3v) is 3.68. The van der Waals surface area contributed by atoms with Crippen LogP contribution in [0.3, 0.4) is 0 Å². The molecule has 0 radical (unpaired) electrons. The lowest BCUT2D eigenvalue weighted by Crippen LogP contribution is -2.30. The second-order valence-electron chi connectivity index (χ2n) is 5.74. The first-order valence-corrected chi connectivity index (χ1v) is 7.44. The topological polar surface area (TPSA) is 49.3 Å². The highest BCUT2D eigenvalue weighted by Crippen LogP contribution is 2.11. The van der Waals surface area contributed by atoms with Crippen LogP contribution in [0.25, 0.3) is 0 Å². The van der Waals surface area contributed by atoms with E-state index in [4.69, 9.17) is 5.11 Å². The fraction of sp³-hybridized carbons (Fsp3) is 0.500. The van der Waals surface area contributed by atoms with Gasteiger partial charge in [0.1, 0.15) is 0 Å². The summed E-state index contributed by atoms with van der Waals surface area (Å²) >= 11 is 0. The third kappa shape index (κ3) is 5.61. The Hall–Kier alpha value is -1.79. The van der Waals surface area contributed by atoms with Crippen LogP contribution >= 0.6 is 0 Å². The van der Waals surface area contributed by atoms with Crippen molar-refractivity contribution in [2.45, 2.75) is 34.1 Å². The van der Waals surface area contributed by atoms with E-state index in [1.807, 2.05) is 25.1 Å². The first kappa shape index (κ1) is 17.3. The molecule has 1 aromatic carbocycles. The highest BCUT2D eigenvalue weighted by atomic mass is 16.2. The molecule has 1 rings (SSSR count). The van der Waals surface area contributed by atoms with Crippen molar-refractivity contribution in [3.05, 3.63) is 34.9 Å².